The molecule has 1 aliphatic rings. The second-order valence-electron chi connectivity index (χ2n) is 3.65. The molecule has 1 rings (SSSR count). The average Bonchev–Trinajstić information content (AvgIpc) is 2.35. The fourth-order valence-electron chi connectivity index (χ4n) is 1.46. The molecule has 0 unspecified atom stereocenters. The summed E-state index contributed by atoms with van der Waals surface area (Å²) in [6.07, 6.45) is -0.0836. The Bertz CT molecular complexity index is 337. The first-order valence-electron chi connectivity index (χ1n) is 5.49. The zero-order valence-electron chi connectivity index (χ0n) is 9.59. The van der Waals surface area contributed by atoms with E-state index in [1.54, 1.807) is 0 Å². The Balaban J connectivity index is 2.35. The maximum atomic E-state index is 11.8. The quantitative estimate of drug-likeness (QED) is 0.588. The van der Waals surface area contributed by atoms with Gasteiger partial charge in [-0.2, -0.15) is 4.31 Å². The molecule has 0 bridgehead atoms. The zero-order valence-corrected chi connectivity index (χ0v) is 10.4. The number of morpholine rings is 1. The van der Waals surface area contributed by atoms with Crippen molar-refractivity contribution in [3.63, 3.8) is 0 Å². The monoisotopic (exact) mass is 266 g/mol. The van der Waals surface area contributed by atoms with Gasteiger partial charge in [0.15, 0.2) is 0 Å². The average molecular weight is 266 g/mol. The van der Waals surface area contributed by atoms with E-state index in [1.807, 2.05) is 0 Å². The number of amides is 1. The summed E-state index contributed by atoms with van der Waals surface area (Å²) in [5, 5.41) is 10.9. The highest BCUT2D eigenvalue weighted by Gasteiger charge is 2.24. The van der Waals surface area contributed by atoms with Gasteiger partial charge in [0.2, 0.25) is 15.9 Å². The van der Waals surface area contributed by atoms with Gasteiger partial charge in [0, 0.05) is 26.1 Å². The number of sulfonamides is 1. The number of aliphatic hydroxyl groups excluding tert-OH is 1. The van der Waals surface area contributed by atoms with Crippen molar-refractivity contribution >= 4 is 15.9 Å². The highest BCUT2D eigenvalue weighted by Crippen LogP contribution is 2.06. The van der Waals surface area contributed by atoms with Gasteiger partial charge in [-0.15, -0.1) is 0 Å². The van der Waals surface area contributed by atoms with Gasteiger partial charge in [-0.05, 0) is 0 Å². The number of nitrogens with zero attached hydrogens (tertiary/aromatic N) is 1. The highest BCUT2D eigenvalue weighted by molar-refractivity contribution is 7.89. The van der Waals surface area contributed by atoms with E-state index in [4.69, 9.17) is 9.84 Å². The Morgan fingerprint density at radius 2 is 2.00 bits per heavy atom. The Morgan fingerprint density at radius 3 is 2.59 bits per heavy atom. The molecule has 1 fully saturated rings. The molecule has 0 aliphatic carbocycles. The molecule has 0 radical (unpaired) electrons. The fourth-order valence-corrected chi connectivity index (χ4v) is 2.87. The summed E-state index contributed by atoms with van der Waals surface area (Å²) in [6, 6.07) is 0. The van der Waals surface area contributed by atoms with E-state index in [9.17, 15) is 13.2 Å². The van der Waals surface area contributed by atoms with Crippen LogP contribution in [-0.4, -0.2) is 68.9 Å². The maximum Gasteiger partial charge on any atom is 0.221 e. The molecule has 0 aromatic rings. The molecule has 1 saturated heterocycles. The molecule has 0 aromatic heterocycles. The predicted molar refractivity (Wildman–Crippen MR) is 60.9 cm³/mol. The van der Waals surface area contributed by atoms with Crippen LogP contribution in [0, 0.1) is 0 Å². The van der Waals surface area contributed by atoms with Gasteiger partial charge in [0.05, 0.1) is 25.6 Å². The van der Waals surface area contributed by atoms with Crippen LogP contribution in [0.25, 0.3) is 0 Å². The Kier molecular flexibility index (Phi) is 5.83. The molecule has 1 heterocycles. The lowest BCUT2D eigenvalue weighted by atomic mass is 10.4. The first-order valence-corrected chi connectivity index (χ1v) is 7.10. The van der Waals surface area contributed by atoms with Crippen molar-refractivity contribution in [3.05, 3.63) is 0 Å². The van der Waals surface area contributed by atoms with Gasteiger partial charge >= 0.3 is 0 Å². The number of nitrogens with one attached hydrogen (secondary N) is 1. The third-order valence-electron chi connectivity index (χ3n) is 2.38. The third-order valence-corrected chi connectivity index (χ3v) is 4.26. The largest absolute Gasteiger partial charge is 0.395 e. The lowest BCUT2D eigenvalue weighted by Gasteiger charge is -2.25. The van der Waals surface area contributed by atoms with E-state index in [-0.39, 0.29) is 31.2 Å². The van der Waals surface area contributed by atoms with Crippen LogP contribution in [0.4, 0.5) is 0 Å². The molecule has 2 N–H and O–H groups in total. The van der Waals surface area contributed by atoms with Crippen LogP contribution < -0.4 is 5.32 Å². The molecule has 0 atom stereocenters. The smallest absolute Gasteiger partial charge is 0.221 e. The van der Waals surface area contributed by atoms with Gasteiger partial charge < -0.3 is 15.2 Å². The SMILES string of the molecule is O=C(CCS(=O)(=O)N1CCOCC1)NCCO. The van der Waals surface area contributed by atoms with Crippen LogP contribution in [0.15, 0.2) is 0 Å². The Hall–Kier alpha value is -0.700. The summed E-state index contributed by atoms with van der Waals surface area (Å²) >= 11 is 0. The second kappa shape index (κ2) is 6.90. The van der Waals surface area contributed by atoms with Crippen molar-refractivity contribution in [3.8, 4) is 0 Å². The number of carbonyl (C=O) groups is 1. The van der Waals surface area contributed by atoms with Crippen LogP contribution in [0.3, 0.4) is 0 Å². The maximum absolute atomic E-state index is 11.8. The molecule has 17 heavy (non-hydrogen) atoms. The van der Waals surface area contributed by atoms with E-state index in [0.29, 0.717) is 26.3 Å². The minimum absolute atomic E-state index is 0.0836. The van der Waals surface area contributed by atoms with Crippen molar-refractivity contribution in [1.82, 2.24) is 9.62 Å². The first-order chi connectivity index (χ1) is 8.06. The lowest BCUT2D eigenvalue weighted by molar-refractivity contribution is -0.120. The van der Waals surface area contributed by atoms with E-state index in [2.05, 4.69) is 5.32 Å². The van der Waals surface area contributed by atoms with E-state index in [1.165, 1.54) is 4.31 Å². The van der Waals surface area contributed by atoms with Gasteiger partial charge in [0.1, 0.15) is 0 Å². The summed E-state index contributed by atoms with van der Waals surface area (Å²) in [4.78, 5) is 11.2. The molecule has 100 valence electrons. The van der Waals surface area contributed by atoms with Crippen molar-refractivity contribution in [1.29, 1.82) is 0 Å². The number of ether oxygens (including phenoxy) is 1. The Morgan fingerprint density at radius 1 is 1.35 bits per heavy atom. The van der Waals surface area contributed by atoms with E-state index < -0.39 is 10.0 Å². The molecule has 8 heteroatoms. The van der Waals surface area contributed by atoms with E-state index >= 15 is 0 Å². The predicted octanol–water partition coefficient (Wildman–Crippen LogP) is -1.85. The highest BCUT2D eigenvalue weighted by atomic mass is 32.2. The molecular weight excluding hydrogens is 248 g/mol. The fraction of sp³-hybridized carbons (Fsp3) is 0.889. The minimum atomic E-state index is -3.37. The van der Waals surface area contributed by atoms with E-state index in [0.717, 1.165) is 0 Å². The first kappa shape index (κ1) is 14.4. The van der Waals surface area contributed by atoms with Crippen molar-refractivity contribution in [2.24, 2.45) is 0 Å². The normalized spacial score (nSPS) is 17.9. The Labute approximate surface area is 101 Å². The summed E-state index contributed by atoms with van der Waals surface area (Å²) in [5.41, 5.74) is 0. The molecule has 0 spiro atoms. The second-order valence-corrected chi connectivity index (χ2v) is 5.74. The van der Waals surface area contributed by atoms with Gasteiger partial charge in [-0.25, -0.2) is 8.42 Å². The number of aliphatic hydroxyl groups is 1. The molecule has 0 saturated carbocycles. The van der Waals surface area contributed by atoms with Crippen molar-refractivity contribution < 1.29 is 23.1 Å². The van der Waals surface area contributed by atoms with Crippen LogP contribution in [0.1, 0.15) is 6.42 Å². The third kappa shape index (κ3) is 4.99. The summed E-state index contributed by atoms with van der Waals surface area (Å²) < 4.78 is 30.0. The molecule has 0 aromatic carbocycles. The number of carbonyl (C=O) groups excluding carboxylic acids is 1. The molecular formula is C9H18N2O5S. The molecule has 7 nitrogen and oxygen atoms in total. The summed E-state index contributed by atoms with van der Waals surface area (Å²) in [5.74, 6) is -0.569. The van der Waals surface area contributed by atoms with Crippen LogP contribution in [0.2, 0.25) is 0 Å². The lowest BCUT2D eigenvalue weighted by Crippen LogP contribution is -2.42. The molecule has 1 amide bonds. The van der Waals surface area contributed by atoms with Crippen molar-refractivity contribution in [2.75, 3.05) is 45.2 Å². The van der Waals surface area contributed by atoms with Gasteiger partial charge in [-0.3, -0.25) is 4.79 Å². The number of hydrogen-bond donors (Lipinski definition) is 2. The minimum Gasteiger partial charge on any atom is -0.395 e. The van der Waals surface area contributed by atoms with Gasteiger partial charge in [0.25, 0.3) is 0 Å². The topological polar surface area (TPSA) is 95.9 Å². The van der Waals surface area contributed by atoms with Gasteiger partial charge in [-0.1, -0.05) is 0 Å². The standard InChI is InChI=1S/C9H18N2O5S/c12-5-2-10-9(13)1-8-17(14,15)11-3-6-16-7-4-11/h12H,1-8H2,(H,10,13). The zero-order chi connectivity index (χ0) is 12.7. The number of rotatable bonds is 6. The van der Waals surface area contributed by atoms with Crippen LogP contribution in [0.5, 0.6) is 0 Å². The molecule has 1 aliphatic heterocycles. The van der Waals surface area contributed by atoms with Crippen molar-refractivity contribution in [2.45, 2.75) is 6.42 Å². The van der Waals surface area contributed by atoms with Crippen LogP contribution in [-0.2, 0) is 19.6 Å². The summed E-state index contributed by atoms with van der Waals surface area (Å²) in [6.45, 7) is 1.49. The number of hydrogen-bond acceptors (Lipinski definition) is 5. The summed E-state index contributed by atoms with van der Waals surface area (Å²) in [7, 11) is -3.37. The van der Waals surface area contributed by atoms with Crippen LogP contribution >= 0.6 is 0 Å².